The number of imidazole rings is 1. The molecule has 2 aromatic carbocycles. The molecule has 1 heterocycles. The number of amides is 1. The third-order valence-corrected chi connectivity index (χ3v) is 4.96. The van der Waals surface area contributed by atoms with Gasteiger partial charge in [0, 0.05) is 44.4 Å². The zero-order chi connectivity index (χ0) is 27.3. The number of aliphatic hydroxyl groups excluding tert-OH is 1. The highest BCUT2D eigenvalue weighted by Crippen LogP contribution is 2.21. The van der Waals surface area contributed by atoms with Crippen molar-refractivity contribution in [2.45, 2.75) is 61.0 Å². The molecule has 1 aromatic heterocycles. The molecule has 0 saturated heterocycles. The molecule has 0 unspecified atom stereocenters. The number of carbonyl (C=O) groups is 2. The first kappa shape index (κ1) is 30.6. The van der Waals surface area contributed by atoms with E-state index >= 15 is 0 Å². The van der Waals surface area contributed by atoms with Gasteiger partial charge in [-0.05, 0) is 57.9 Å². The Labute approximate surface area is 215 Å². The third-order valence-electron chi connectivity index (χ3n) is 4.96. The summed E-state index contributed by atoms with van der Waals surface area (Å²) in [4.78, 5) is 27.4. The van der Waals surface area contributed by atoms with Gasteiger partial charge in [-0.3, -0.25) is 9.59 Å². The molecule has 0 atom stereocenters. The fraction of sp³-hybridized carbons (Fsp3) is 0.414. The van der Waals surface area contributed by atoms with E-state index in [1.807, 2.05) is 91.2 Å². The van der Waals surface area contributed by atoms with Crippen LogP contribution in [0.15, 0.2) is 48.7 Å². The van der Waals surface area contributed by atoms with Gasteiger partial charge in [0.05, 0.1) is 11.8 Å². The van der Waals surface area contributed by atoms with Crippen LogP contribution in [-0.2, 0) is 7.05 Å². The lowest BCUT2D eigenvalue weighted by molar-refractivity contribution is 0.0949. The van der Waals surface area contributed by atoms with E-state index in [1.165, 1.54) is 12.5 Å². The number of aromatic nitrogens is 2. The minimum Gasteiger partial charge on any atom is -0.491 e. The van der Waals surface area contributed by atoms with E-state index in [2.05, 4.69) is 10.3 Å². The summed E-state index contributed by atoms with van der Waals surface area (Å²) in [5, 5.41) is 11.4. The van der Waals surface area contributed by atoms with Gasteiger partial charge in [-0.1, -0.05) is 43.7 Å². The van der Waals surface area contributed by atoms with Gasteiger partial charge < -0.3 is 19.7 Å². The van der Waals surface area contributed by atoms with E-state index in [1.54, 1.807) is 10.6 Å². The van der Waals surface area contributed by atoms with E-state index in [0.29, 0.717) is 24.4 Å². The molecule has 1 amide bonds. The molecule has 3 rings (SSSR count). The molecule has 0 radical (unpaired) electrons. The van der Waals surface area contributed by atoms with Crippen molar-refractivity contribution in [3.05, 3.63) is 71.2 Å². The number of carbonyl (C=O) groups excluding carboxylic acids is 2. The van der Waals surface area contributed by atoms with Crippen LogP contribution in [0.4, 0.5) is 0 Å². The third kappa shape index (κ3) is 9.66. The quantitative estimate of drug-likeness (QED) is 0.317. The summed E-state index contributed by atoms with van der Waals surface area (Å²) in [5.74, 6) is 1.16. The number of hydrogen-bond donors (Lipinski definition) is 2. The highest BCUT2D eigenvalue weighted by Gasteiger charge is 2.10. The van der Waals surface area contributed by atoms with Crippen LogP contribution in [0.1, 0.15) is 73.1 Å². The molecule has 2 N–H and O–H groups in total. The maximum atomic E-state index is 11.8. The molecule has 0 spiro atoms. The molecule has 3 aromatic rings. The predicted molar refractivity (Wildman–Crippen MR) is 146 cm³/mol. The summed E-state index contributed by atoms with van der Waals surface area (Å²) in [6, 6.07) is 13.5. The van der Waals surface area contributed by atoms with Gasteiger partial charge in [-0.25, -0.2) is 4.98 Å². The Hall–Kier alpha value is -3.45. The van der Waals surface area contributed by atoms with E-state index in [4.69, 9.17) is 9.84 Å². The van der Waals surface area contributed by atoms with Crippen LogP contribution >= 0.6 is 0 Å². The molecule has 0 saturated carbocycles. The van der Waals surface area contributed by atoms with Crippen LogP contribution in [0.5, 0.6) is 5.75 Å². The van der Waals surface area contributed by atoms with Crippen molar-refractivity contribution < 1.29 is 19.4 Å². The maximum absolute atomic E-state index is 11.8. The second-order valence-electron chi connectivity index (χ2n) is 8.46. The van der Waals surface area contributed by atoms with Crippen molar-refractivity contribution in [3.63, 3.8) is 0 Å². The lowest BCUT2D eigenvalue weighted by atomic mass is 10.1. The number of aliphatic hydroxyl groups is 1. The molecule has 7 nitrogen and oxygen atoms in total. The smallest absolute Gasteiger partial charge is 0.251 e. The topological polar surface area (TPSA) is 93.5 Å². The maximum Gasteiger partial charge on any atom is 0.251 e. The van der Waals surface area contributed by atoms with Gasteiger partial charge in [0.15, 0.2) is 11.6 Å². The zero-order valence-electron chi connectivity index (χ0n) is 22.9. The highest BCUT2D eigenvalue weighted by atomic mass is 16.5. The second-order valence-corrected chi connectivity index (χ2v) is 8.46. The fourth-order valence-corrected chi connectivity index (χ4v) is 3.22. The second kappa shape index (κ2) is 15.5. The SMILES string of the molecule is CC.CC(=O)c1nc(-c2ccc(C)cc2)cn1C.Cc1cc(C(=O)NCCCO)ccc1OC(C)C. The highest BCUT2D eigenvalue weighted by molar-refractivity contribution is 5.94. The van der Waals surface area contributed by atoms with E-state index in [-0.39, 0.29) is 24.4 Å². The van der Waals surface area contributed by atoms with Gasteiger partial charge >= 0.3 is 0 Å². The molecule has 196 valence electrons. The van der Waals surface area contributed by atoms with Crippen molar-refractivity contribution in [2.24, 2.45) is 7.05 Å². The van der Waals surface area contributed by atoms with Crippen molar-refractivity contribution in [3.8, 4) is 17.0 Å². The van der Waals surface area contributed by atoms with Crippen LogP contribution in [0.2, 0.25) is 0 Å². The summed E-state index contributed by atoms with van der Waals surface area (Å²) >= 11 is 0. The molecule has 0 aliphatic rings. The Balaban J connectivity index is 0.000000338. The number of benzene rings is 2. The lowest BCUT2D eigenvalue weighted by Gasteiger charge is -2.13. The number of aryl methyl sites for hydroxylation is 3. The minimum atomic E-state index is -0.123. The van der Waals surface area contributed by atoms with Gasteiger partial charge in [0.25, 0.3) is 5.91 Å². The standard InChI is InChI=1S/C14H21NO3.C13H14N2O.C2H6/c1-10(2)18-13-6-5-12(9-11(13)3)14(17)15-7-4-8-16;1-9-4-6-11(7-5-9)12-8-15(3)13(14-12)10(2)16;1-2/h5-6,9-10,16H,4,7-8H2,1-3H3,(H,15,17);4-8H,1-3H3;1-2H3. The number of ketones is 1. The first-order valence-corrected chi connectivity index (χ1v) is 12.4. The molecule has 36 heavy (non-hydrogen) atoms. The summed E-state index contributed by atoms with van der Waals surface area (Å²) in [6.45, 7) is 14.0. The van der Waals surface area contributed by atoms with Crippen molar-refractivity contribution in [1.82, 2.24) is 14.9 Å². The van der Waals surface area contributed by atoms with Crippen LogP contribution in [-0.4, -0.2) is 45.6 Å². The average molecular weight is 496 g/mol. The number of Topliss-reactive ketones (excluding diaryl/α,β-unsaturated/α-hetero) is 1. The number of hydrogen-bond acceptors (Lipinski definition) is 5. The normalized spacial score (nSPS) is 10.1. The molecule has 7 heteroatoms. The van der Waals surface area contributed by atoms with Gasteiger partial charge in [0.1, 0.15) is 5.75 Å². The van der Waals surface area contributed by atoms with E-state index in [0.717, 1.165) is 22.6 Å². The Morgan fingerprint density at radius 1 is 1.08 bits per heavy atom. The van der Waals surface area contributed by atoms with Crippen LogP contribution in [0.25, 0.3) is 11.3 Å². The fourth-order valence-electron chi connectivity index (χ4n) is 3.22. The first-order valence-electron chi connectivity index (χ1n) is 12.4. The van der Waals surface area contributed by atoms with E-state index < -0.39 is 0 Å². The van der Waals surface area contributed by atoms with Crippen LogP contribution < -0.4 is 10.1 Å². The minimum absolute atomic E-state index is 0.0131. The Morgan fingerprint density at radius 2 is 1.72 bits per heavy atom. The van der Waals surface area contributed by atoms with Crippen LogP contribution in [0, 0.1) is 13.8 Å². The van der Waals surface area contributed by atoms with Crippen molar-refractivity contribution >= 4 is 11.7 Å². The van der Waals surface area contributed by atoms with Gasteiger partial charge in [0.2, 0.25) is 0 Å². The molecular weight excluding hydrogens is 454 g/mol. The molecule has 0 bridgehead atoms. The average Bonchev–Trinajstić information content (AvgIpc) is 3.24. The zero-order valence-corrected chi connectivity index (χ0v) is 22.9. The van der Waals surface area contributed by atoms with E-state index in [9.17, 15) is 9.59 Å². The molecule has 0 aliphatic heterocycles. The summed E-state index contributed by atoms with van der Waals surface area (Å²) in [5.41, 5.74) is 4.65. The number of ether oxygens (including phenoxy) is 1. The number of nitrogens with zero attached hydrogens (tertiary/aromatic N) is 2. The predicted octanol–water partition coefficient (Wildman–Crippen LogP) is 5.52. The van der Waals surface area contributed by atoms with Gasteiger partial charge in [-0.2, -0.15) is 0 Å². The molecular formula is C29H41N3O4. The lowest BCUT2D eigenvalue weighted by Crippen LogP contribution is -2.25. The summed E-state index contributed by atoms with van der Waals surface area (Å²) < 4.78 is 7.37. The monoisotopic (exact) mass is 495 g/mol. The summed E-state index contributed by atoms with van der Waals surface area (Å²) in [7, 11) is 1.83. The Kier molecular flexibility index (Phi) is 13.2. The number of rotatable bonds is 8. The Bertz CT molecular complexity index is 1100. The van der Waals surface area contributed by atoms with Gasteiger partial charge in [-0.15, -0.1) is 0 Å². The number of nitrogens with one attached hydrogen (secondary N) is 1. The first-order chi connectivity index (χ1) is 17.1. The molecule has 0 fully saturated rings. The Morgan fingerprint density at radius 3 is 2.22 bits per heavy atom. The molecule has 0 aliphatic carbocycles. The largest absolute Gasteiger partial charge is 0.491 e. The van der Waals surface area contributed by atoms with Crippen LogP contribution in [0.3, 0.4) is 0 Å². The summed E-state index contributed by atoms with van der Waals surface area (Å²) in [6.07, 6.45) is 2.56. The van der Waals surface area contributed by atoms with Crippen molar-refractivity contribution in [1.29, 1.82) is 0 Å². The van der Waals surface area contributed by atoms with Crippen molar-refractivity contribution in [2.75, 3.05) is 13.2 Å².